The molecule has 0 aromatic heterocycles. The lowest BCUT2D eigenvalue weighted by atomic mass is 10.2. The molecule has 0 radical (unpaired) electrons. The molecule has 1 aliphatic rings. The summed E-state index contributed by atoms with van der Waals surface area (Å²) in [6, 6.07) is 0.561. The number of nitrogens with zero attached hydrogens (tertiary/aromatic N) is 1. The summed E-state index contributed by atoms with van der Waals surface area (Å²) in [5, 5.41) is 3.41. The molecule has 0 amide bonds. The molecule has 0 aliphatic carbocycles. The maximum atomic E-state index is 5.73. The molecule has 16 heavy (non-hydrogen) atoms. The van der Waals surface area contributed by atoms with Gasteiger partial charge in [-0.2, -0.15) is 0 Å². The van der Waals surface area contributed by atoms with E-state index in [2.05, 4.69) is 31.0 Å². The van der Waals surface area contributed by atoms with Gasteiger partial charge in [0.1, 0.15) is 0 Å². The third-order valence-corrected chi connectivity index (χ3v) is 2.99. The van der Waals surface area contributed by atoms with Crippen molar-refractivity contribution in [3.8, 4) is 0 Å². The van der Waals surface area contributed by atoms with E-state index in [1.54, 1.807) is 7.11 Å². The van der Waals surface area contributed by atoms with Crippen LogP contribution in [0, 0.1) is 0 Å². The highest BCUT2D eigenvalue weighted by Crippen LogP contribution is 2.12. The lowest BCUT2D eigenvalue weighted by Gasteiger charge is -2.39. The van der Waals surface area contributed by atoms with Crippen molar-refractivity contribution in [1.29, 1.82) is 0 Å². The van der Waals surface area contributed by atoms with Crippen molar-refractivity contribution in [1.82, 2.24) is 10.2 Å². The molecule has 0 bridgehead atoms. The van der Waals surface area contributed by atoms with Crippen LogP contribution in [-0.4, -0.2) is 63.0 Å². The Kier molecular flexibility index (Phi) is 6.28. The highest BCUT2D eigenvalue weighted by Gasteiger charge is 2.25. The average molecular weight is 230 g/mol. The van der Waals surface area contributed by atoms with Crippen molar-refractivity contribution >= 4 is 0 Å². The molecule has 3 atom stereocenters. The second kappa shape index (κ2) is 7.22. The Morgan fingerprint density at radius 3 is 2.56 bits per heavy atom. The maximum absolute atomic E-state index is 5.73. The minimum atomic E-state index is 0.352. The lowest BCUT2D eigenvalue weighted by molar-refractivity contribution is -0.0781. The largest absolute Gasteiger partial charge is 0.383 e. The molecular formula is C12H26N2O2. The van der Waals surface area contributed by atoms with Crippen LogP contribution in [0.1, 0.15) is 20.8 Å². The Labute approximate surface area is 99.3 Å². The molecule has 1 fully saturated rings. The zero-order valence-electron chi connectivity index (χ0n) is 11.0. The van der Waals surface area contributed by atoms with Gasteiger partial charge in [-0.15, -0.1) is 0 Å². The molecule has 1 saturated heterocycles. The number of hydrogen-bond donors (Lipinski definition) is 1. The summed E-state index contributed by atoms with van der Waals surface area (Å²) in [5.41, 5.74) is 0. The normalized spacial score (nSPS) is 29.2. The lowest BCUT2D eigenvalue weighted by Crippen LogP contribution is -2.51. The monoisotopic (exact) mass is 230 g/mol. The van der Waals surface area contributed by atoms with Crippen LogP contribution < -0.4 is 5.32 Å². The van der Waals surface area contributed by atoms with Crippen molar-refractivity contribution in [2.45, 2.75) is 39.0 Å². The van der Waals surface area contributed by atoms with E-state index in [0.29, 0.717) is 18.2 Å². The van der Waals surface area contributed by atoms with Gasteiger partial charge in [0.2, 0.25) is 0 Å². The fraction of sp³-hybridized carbons (Fsp3) is 1.00. The van der Waals surface area contributed by atoms with Gasteiger partial charge in [0.15, 0.2) is 0 Å². The number of methoxy groups -OCH3 is 1. The van der Waals surface area contributed by atoms with E-state index in [0.717, 1.165) is 32.8 Å². The van der Waals surface area contributed by atoms with Crippen LogP contribution in [-0.2, 0) is 9.47 Å². The molecule has 1 rings (SSSR count). The number of ether oxygens (including phenoxy) is 2. The van der Waals surface area contributed by atoms with Crippen LogP contribution in [0.4, 0.5) is 0 Å². The molecular weight excluding hydrogens is 204 g/mol. The smallest absolute Gasteiger partial charge is 0.0678 e. The van der Waals surface area contributed by atoms with Gasteiger partial charge in [0, 0.05) is 39.3 Å². The topological polar surface area (TPSA) is 33.7 Å². The highest BCUT2D eigenvalue weighted by atomic mass is 16.5. The summed E-state index contributed by atoms with van der Waals surface area (Å²) in [6.07, 6.45) is 0.704. The molecule has 0 aromatic rings. The van der Waals surface area contributed by atoms with Crippen LogP contribution >= 0.6 is 0 Å². The van der Waals surface area contributed by atoms with E-state index < -0.39 is 0 Å². The van der Waals surface area contributed by atoms with Gasteiger partial charge in [0.05, 0.1) is 18.8 Å². The molecule has 4 heteroatoms. The van der Waals surface area contributed by atoms with E-state index >= 15 is 0 Å². The third kappa shape index (κ3) is 4.78. The first-order chi connectivity index (χ1) is 7.63. The zero-order chi connectivity index (χ0) is 12.0. The zero-order valence-corrected chi connectivity index (χ0v) is 11.0. The first kappa shape index (κ1) is 13.9. The molecule has 0 aromatic carbocycles. The molecule has 0 saturated carbocycles. The average Bonchev–Trinajstić information content (AvgIpc) is 2.22. The maximum Gasteiger partial charge on any atom is 0.0678 e. The first-order valence-corrected chi connectivity index (χ1v) is 6.22. The van der Waals surface area contributed by atoms with Crippen LogP contribution in [0.15, 0.2) is 0 Å². The van der Waals surface area contributed by atoms with Gasteiger partial charge in [-0.1, -0.05) is 0 Å². The Bertz CT molecular complexity index is 180. The predicted molar refractivity (Wildman–Crippen MR) is 65.8 cm³/mol. The van der Waals surface area contributed by atoms with Gasteiger partial charge in [-0.3, -0.25) is 4.90 Å². The first-order valence-electron chi connectivity index (χ1n) is 6.22. The van der Waals surface area contributed by atoms with E-state index in [1.165, 1.54) is 0 Å². The van der Waals surface area contributed by atoms with Crippen molar-refractivity contribution in [2.24, 2.45) is 0 Å². The fourth-order valence-corrected chi connectivity index (χ4v) is 2.19. The molecule has 1 aliphatic heterocycles. The van der Waals surface area contributed by atoms with E-state index in [4.69, 9.17) is 9.47 Å². The highest BCUT2D eigenvalue weighted by molar-refractivity contribution is 4.78. The molecule has 1 N–H and O–H groups in total. The molecule has 96 valence electrons. The second-order valence-electron chi connectivity index (χ2n) is 4.76. The minimum Gasteiger partial charge on any atom is -0.383 e. The fourth-order valence-electron chi connectivity index (χ4n) is 2.19. The molecule has 4 nitrogen and oxygen atoms in total. The van der Waals surface area contributed by atoms with E-state index in [-0.39, 0.29) is 0 Å². The van der Waals surface area contributed by atoms with Gasteiger partial charge >= 0.3 is 0 Å². The van der Waals surface area contributed by atoms with Crippen LogP contribution in [0.25, 0.3) is 0 Å². The summed E-state index contributed by atoms with van der Waals surface area (Å²) < 4.78 is 10.7. The summed E-state index contributed by atoms with van der Waals surface area (Å²) in [4.78, 5) is 2.50. The van der Waals surface area contributed by atoms with Gasteiger partial charge in [0.25, 0.3) is 0 Å². The van der Waals surface area contributed by atoms with Gasteiger partial charge < -0.3 is 14.8 Å². The predicted octanol–water partition coefficient (Wildman–Crippen LogP) is 0.720. The molecule has 1 unspecified atom stereocenters. The Balaban J connectivity index is 2.21. The summed E-state index contributed by atoms with van der Waals surface area (Å²) in [7, 11) is 1.73. The quantitative estimate of drug-likeness (QED) is 0.682. The number of morpholine rings is 1. The molecule has 0 spiro atoms. The summed E-state index contributed by atoms with van der Waals surface area (Å²) >= 11 is 0. The standard InChI is InChI=1S/C12H26N2O2/c1-10(7-13-5-6-15-4)14-8-11(2)16-12(3)9-14/h10-13H,5-9H2,1-4H3/t10?,11-,12+. The minimum absolute atomic E-state index is 0.352. The van der Waals surface area contributed by atoms with Crippen molar-refractivity contribution in [3.05, 3.63) is 0 Å². The SMILES string of the molecule is COCCNCC(C)N1C[C@@H](C)O[C@@H](C)C1. The Hall–Kier alpha value is -0.160. The van der Waals surface area contributed by atoms with Crippen LogP contribution in [0.2, 0.25) is 0 Å². The Morgan fingerprint density at radius 1 is 1.38 bits per heavy atom. The summed E-state index contributed by atoms with van der Waals surface area (Å²) in [5.74, 6) is 0. The van der Waals surface area contributed by atoms with Gasteiger partial charge in [-0.05, 0) is 20.8 Å². The van der Waals surface area contributed by atoms with E-state index in [1.807, 2.05) is 0 Å². The third-order valence-electron chi connectivity index (χ3n) is 2.99. The second-order valence-corrected chi connectivity index (χ2v) is 4.76. The number of hydrogen-bond acceptors (Lipinski definition) is 4. The summed E-state index contributed by atoms with van der Waals surface area (Å²) in [6.45, 7) is 11.4. The van der Waals surface area contributed by atoms with Crippen molar-refractivity contribution in [3.63, 3.8) is 0 Å². The van der Waals surface area contributed by atoms with Gasteiger partial charge in [-0.25, -0.2) is 0 Å². The number of nitrogens with one attached hydrogen (secondary N) is 1. The van der Waals surface area contributed by atoms with Crippen LogP contribution in [0.5, 0.6) is 0 Å². The van der Waals surface area contributed by atoms with Crippen molar-refractivity contribution in [2.75, 3.05) is 39.9 Å². The Morgan fingerprint density at radius 2 is 2.00 bits per heavy atom. The van der Waals surface area contributed by atoms with Crippen LogP contribution in [0.3, 0.4) is 0 Å². The van der Waals surface area contributed by atoms with E-state index in [9.17, 15) is 0 Å². The molecule has 1 heterocycles. The van der Waals surface area contributed by atoms with Crippen molar-refractivity contribution < 1.29 is 9.47 Å². The number of rotatable bonds is 6.